The number of imidazole rings is 1. The van der Waals surface area contributed by atoms with E-state index in [9.17, 15) is 4.79 Å². The van der Waals surface area contributed by atoms with Crippen LogP contribution in [-0.4, -0.2) is 20.9 Å². The molecule has 23 heavy (non-hydrogen) atoms. The first kappa shape index (κ1) is 14.1. The quantitative estimate of drug-likeness (QED) is 0.673. The van der Waals surface area contributed by atoms with Crippen LogP contribution in [0, 0.1) is 0 Å². The van der Waals surface area contributed by atoms with Gasteiger partial charge in [-0.15, -0.1) is 0 Å². The lowest BCUT2D eigenvalue weighted by atomic mass is 10.1. The van der Waals surface area contributed by atoms with Gasteiger partial charge in [0, 0.05) is 11.9 Å². The Bertz CT molecular complexity index is 810. The first-order chi connectivity index (χ1) is 11.3. The van der Waals surface area contributed by atoms with Crippen molar-refractivity contribution in [3.05, 3.63) is 53.6 Å². The predicted molar refractivity (Wildman–Crippen MR) is 89.4 cm³/mol. The number of nitrogens with one attached hydrogen (secondary N) is 3. The number of hydrogen-bond donors (Lipinski definition) is 3. The Morgan fingerprint density at radius 2 is 2.17 bits per heavy atom. The van der Waals surface area contributed by atoms with Crippen molar-refractivity contribution >= 4 is 16.9 Å². The van der Waals surface area contributed by atoms with Gasteiger partial charge >= 0.3 is 0 Å². The van der Waals surface area contributed by atoms with Crippen LogP contribution in [0.3, 0.4) is 0 Å². The molecule has 1 atom stereocenters. The summed E-state index contributed by atoms with van der Waals surface area (Å²) >= 11 is 0. The molecule has 0 saturated heterocycles. The molecule has 1 saturated carbocycles. The van der Waals surface area contributed by atoms with Crippen LogP contribution in [0.2, 0.25) is 0 Å². The molecule has 0 aliphatic heterocycles. The Morgan fingerprint density at radius 3 is 2.91 bits per heavy atom. The summed E-state index contributed by atoms with van der Waals surface area (Å²) in [4.78, 5) is 23.8. The molecule has 1 fully saturated rings. The SMILES string of the molecule is CC[C@H](NC(=O)c1cc[nH]c1C1CC1)c1nc2ccccc2[nH]1. The summed E-state index contributed by atoms with van der Waals surface area (Å²) in [7, 11) is 0. The van der Waals surface area contributed by atoms with Gasteiger partial charge in [0.05, 0.1) is 22.6 Å². The number of fused-ring (bicyclic) bond motifs is 1. The van der Waals surface area contributed by atoms with Crippen molar-refractivity contribution in [3.63, 3.8) is 0 Å². The van der Waals surface area contributed by atoms with Crippen molar-refractivity contribution in [3.8, 4) is 0 Å². The highest BCUT2D eigenvalue weighted by Crippen LogP contribution is 2.40. The molecule has 1 aromatic carbocycles. The van der Waals surface area contributed by atoms with E-state index in [1.807, 2.05) is 36.5 Å². The fourth-order valence-corrected chi connectivity index (χ4v) is 3.03. The van der Waals surface area contributed by atoms with Crippen molar-refractivity contribution in [1.82, 2.24) is 20.3 Å². The number of carbonyl (C=O) groups excluding carboxylic acids is 1. The lowest BCUT2D eigenvalue weighted by molar-refractivity contribution is 0.0933. The number of H-pyrrole nitrogens is 2. The summed E-state index contributed by atoms with van der Waals surface area (Å²) in [6, 6.07) is 9.67. The zero-order valence-electron chi connectivity index (χ0n) is 13.1. The van der Waals surface area contributed by atoms with Gasteiger partial charge in [-0.3, -0.25) is 4.79 Å². The second-order valence-corrected chi connectivity index (χ2v) is 6.15. The molecular formula is C18H20N4O. The third kappa shape index (κ3) is 2.63. The molecule has 4 rings (SSSR count). The van der Waals surface area contributed by atoms with Crippen LogP contribution in [0.4, 0.5) is 0 Å². The Balaban J connectivity index is 1.57. The minimum Gasteiger partial charge on any atom is -0.364 e. The normalized spacial score (nSPS) is 15.7. The summed E-state index contributed by atoms with van der Waals surface area (Å²) in [5, 5.41) is 3.12. The first-order valence-corrected chi connectivity index (χ1v) is 8.19. The second kappa shape index (κ2) is 5.57. The molecule has 5 heteroatoms. The summed E-state index contributed by atoms with van der Waals surface area (Å²) < 4.78 is 0. The number of hydrogen-bond acceptors (Lipinski definition) is 2. The summed E-state index contributed by atoms with van der Waals surface area (Å²) in [5.74, 6) is 1.31. The molecule has 118 valence electrons. The third-order valence-corrected chi connectivity index (χ3v) is 4.46. The number of carbonyl (C=O) groups is 1. The van der Waals surface area contributed by atoms with E-state index in [4.69, 9.17) is 0 Å². The van der Waals surface area contributed by atoms with Gasteiger partial charge < -0.3 is 15.3 Å². The monoisotopic (exact) mass is 308 g/mol. The number of rotatable bonds is 5. The van der Waals surface area contributed by atoms with E-state index in [1.165, 1.54) is 12.8 Å². The van der Waals surface area contributed by atoms with Gasteiger partial charge in [0.1, 0.15) is 5.82 Å². The van der Waals surface area contributed by atoms with E-state index in [2.05, 4.69) is 27.2 Å². The Kier molecular flexibility index (Phi) is 3.41. The van der Waals surface area contributed by atoms with Crippen molar-refractivity contribution < 1.29 is 4.79 Å². The highest BCUT2D eigenvalue weighted by atomic mass is 16.1. The highest BCUT2D eigenvalue weighted by molar-refractivity contribution is 5.96. The number of para-hydroxylation sites is 2. The highest BCUT2D eigenvalue weighted by Gasteiger charge is 2.29. The molecule has 3 aromatic rings. The topological polar surface area (TPSA) is 73.6 Å². The van der Waals surface area contributed by atoms with Crippen LogP contribution in [0.1, 0.15) is 60.0 Å². The summed E-state index contributed by atoms with van der Waals surface area (Å²) in [5.41, 5.74) is 3.76. The molecule has 5 nitrogen and oxygen atoms in total. The Morgan fingerprint density at radius 1 is 1.35 bits per heavy atom. The van der Waals surface area contributed by atoms with Gasteiger partial charge in [0.2, 0.25) is 0 Å². The number of benzene rings is 1. The van der Waals surface area contributed by atoms with Crippen molar-refractivity contribution in [2.24, 2.45) is 0 Å². The van der Waals surface area contributed by atoms with Crippen molar-refractivity contribution in [2.45, 2.75) is 38.1 Å². The first-order valence-electron chi connectivity index (χ1n) is 8.19. The summed E-state index contributed by atoms with van der Waals surface area (Å²) in [6.45, 7) is 2.05. The third-order valence-electron chi connectivity index (χ3n) is 4.46. The number of aromatic amines is 2. The van der Waals surface area contributed by atoms with E-state index >= 15 is 0 Å². The van der Waals surface area contributed by atoms with Crippen LogP contribution in [0.25, 0.3) is 11.0 Å². The lowest BCUT2D eigenvalue weighted by Crippen LogP contribution is -2.29. The molecule has 1 aliphatic rings. The van der Waals surface area contributed by atoms with Gasteiger partial charge in [-0.25, -0.2) is 4.98 Å². The van der Waals surface area contributed by atoms with Gasteiger partial charge in [-0.1, -0.05) is 19.1 Å². The van der Waals surface area contributed by atoms with Crippen LogP contribution in [0.5, 0.6) is 0 Å². The van der Waals surface area contributed by atoms with Crippen molar-refractivity contribution in [2.75, 3.05) is 0 Å². The largest absolute Gasteiger partial charge is 0.364 e. The maximum absolute atomic E-state index is 12.6. The Hall–Kier alpha value is -2.56. The van der Waals surface area contributed by atoms with E-state index in [1.54, 1.807) is 0 Å². The zero-order valence-corrected chi connectivity index (χ0v) is 13.1. The standard InChI is InChI=1S/C18H20N4O/c1-2-13(17-20-14-5-3-4-6-15(14)21-17)22-18(23)12-9-10-19-16(12)11-7-8-11/h3-6,9-11,13,19H,2,7-8H2,1H3,(H,20,21)(H,22,23)/t13-/m0/s1. The van der Waals surface area contributed by atoms with Crippen LogP contribution < -0.4 is 5.32 Å². The zero-order chi connectivity index (χ0) is 15.8. The van der Waals surface area contributed by atoms with E-state index in [0.717, 1.165) is 34.5 Å². The number of nitrogens with zero attached hydrogens (tertiary/aromatic N) is 1. The van der Waals surface area contributed by atoms with Crippen LogP contribution in [0.15, 0.2) is 36.5 Å². The molecule has 0 unspecified atom stereocenters. The molecular weight excluding hydrogens is 288 g/mol. The molecule has 1 aliphatic carbocycles. The van der Waals surface area contributed by atoms with Crippen molar-refractivity contribution in [1.29, 1.82) is 0 Å². The molecule has 1 amide bonds. The van der Waals surface area contributed by atoms with Crippen LogP contribution >= 0.6 is 0 Å². The fourth-order valence-electron chi connectivity index (χ4n) is 3.03. The molecule has 2 heterocycles. The van der Waals surface area contributed by atoms with Gasteiger partial charge in [-0.05, 0) is 43.4 Å². The Labute approximate surface area is 134 Å². The van der Waals surface area contributed by atoms with E-state index < -0.39 is 0 Å². The molecule has 0 bridgehead atoms. The number of aromatic nitrogens is 3. The molecule has 3 N–H and O–H groups in total. The summed E-state index contributed by atoms with van der Waals surface area (Å²) in [6.07, 6.45) is 4.97. The second-order valence-electron chi connectivity index (χ2n) is 6.15. The average Bonchev–Trinajstić information content (AvgIpc) is 3.13. The minimum absolute atomic E-state index is 0.0274. The predicted octanol–water partition coefficient (Wildman–Crippen LogP) is 3.65. The maximum Gasteiger partial charge on any atom is 0.253 e. The maximum atomic E-state index is 12.6. The van der Waals surface area contributed by atoms with Crippen LogP contribution in [-0.2, 0) is 0 Å². The molecule has 0 spiro atoms. The molecule has 2 aromatic heterocycles. The van der Waals surface area contributed by atoms with E-state index in [-0.39, 0.29) is 11.9 Å². The van der Waals surface area contributed by atoms with Gasteiger partial charge in [-0.2, -0.15) is 0 Å². The minimum atomic E-state index is -0.114. The fraction of sp³-hybridized carbons (Fsp3) is 0.333. The number of amides is 1. The van der Waals surface area contributed by atoms with E-state index in [0.29, 0.717) is 5.92 Å². The van der Waals surface area contributed by atoms with Gasteiger partial charge in [0.25, 0.3) is 5.91 Å². The smallest absolute Gasteiger partial charge is 0.253 e. The average molecular weight is 308 g/mol. The molecule has 0 radical (unpaired) electrons. The van der Waals surface area contributed by atoms with Gasteiger partial charge in [0.15, 0.2) is 0 Å². The lowest BCUT2D eigenvalue weighted by Gasteiger charge is -2.15.